The van der Waals surface area contributed by atoms with Gasteiger partial charge < -0.3 is 5.11 Å². The number of aliphatic hydroxyl groups is 1. The van der Waals surface area contributed by atoms with Crippen molar-refractivity contribution < 1.29 is 5.11 Å². The van der Waals surface area contributed by atoms with Crippen molar-refractivity contribution in [2.45, 2.75) is 34.1 Å². The zero-order valence-corrected chi connectivity index (χ0v) is 6.81. The van der Waals surface area contributed by atoms with E-state index in [9.17, 15) is 0 Å². The van der Waals surface area contributed by atoms with Crippen LogP contribution < -0.4 is 0 Å². The van der Waals surface area contributed by atoms with Crippen LogP contribution in [0.1, 0.15) is 34.1 Å². The smallest absolute Gasteiger partial charge is 0.0490 e. The first-order valence-electron chi connectivity index (χ1n) is 3.46. The zero-order chi connectivity index (χ0) is 7.49. The van der Waals surface area contributed by atoms with Gasteiger partial charge in [-0.3, -0.25) is 0 Å². The Labute approximate surface area is 58.1 Å². The van der Waals surface area contributed by atoms with Crippen molar-refractivity contribution in [3.8, 4) is 0 Å². The molecule has 0 heterocycles. The van der Waals surface area contributed by atoms with Crippen molar-refractivity contribution in [1.82, 2.24) is 0 Å². The molecule has 0 unspecified atom stereocenters. The lowest BCUT2D eigenvalue weighted by Gasteiger charge is -2.33. The molecule has 0 amide bonds. The van der Waals surface area contributed by atoms with Crippen molar-refractivity contribution >= 4 is 0 Å². The second-order valence-corrected chi connectivity index (χ2v) is 3.72. The Bertz CT molecular complexity index is 74.6. The molecule has 1 heteroatoms. The van der Waals surface area contributed by atoms with Gasteiger partial charge in [0.2, 0.25) is 0 Å². The van der Waals surface area contributed by atoms with E-state index in [0.29, 0.717) is 5.92 Å². The molecular weight excluding hydrogens is 112 g/mol. The Kier molecular flexibility index (Phi) is 3.20. The van der Waals surface area contributed by atoms with Crippen LogP contribution in [0.15, 0.2) is 0 Å². The largest absolute Gasteiger partial charge is 0.565 e. The van der Waals surface area contributed by atoms with Gasteiger partial charge in [0.05, 0.1) is 0 Å². The summed E-state index contributed by atoms with van der Waals surface area (Å²) in [4.78, 5) is 0. The van der Waals surface area contributed by atoms with E-state index in [0.717, 1.165) is 6.42 Å². The molecule has 0 atom stereocenters. The summed E-state index contributed by atoms with van der Waals surface area (Å²) in [5, 5.41) is 8.72. The third kappa shape index (κ3) is 4.46. The maximum absolute atomic E-state index is 8.72. The van der Waals surface area contributed by atoms with Gasteiger partial charge in [0.25, 0.3) is 0 Å². The van der Waals surface area contributed by atoms with Crippen LogP contribution in [0.25, 0.3) is 0 Å². The van der Waals surface area contributed by atoms with Gasteiger partial charge >= 0.3 is 0 Å². The number of hydrogen-bond donors (Lipinski definition) is 1. The van der Waals surface area contributed by atoms with E-state index in [1.807, 2.05) is 13.8 Å². The number of hydrogen-bond acceptors (Lipinski definition) is 1. The van der Waals surface area contributed by atoms with Crippen LogP contribution in [-0.2, 0) is 0 Å². The minimum Gasteiger partial charge on any atom is -0.565 e. The molecule has 0 spiro atoms. The molecule has 0 bridgehead atoms. The van der Waals surface area contributed by atoms with Gasteiger partial charge in [-0.2, -0.15) is 0 Å². The van der Waals surface area contributed by atoms with E-state index in [-0.39, 0.29) is 5.41 Å². The summed E-state index contributed by atoms with van der Waals surface area (Å²) in [6.45, 7) is 9.67. The zero-order valence-electron chi connectivity index (χ0n) is 6.81. The molecule has 0 fully saturated rings. The molecule has 0 aromatic rings. The first kappa shape index (κ1) is 8.96. The lowest BCUT2D eigenvalue weighted by atomic mass is 9.85. The van der Waals surface area contributed by atoms with Gasteiger partial charge in [0.15, 0.2) is 0 Å². The summed E-state index contributed by atoms with van der Waals surface area (Å²) in [6, 6.07) is 0. The molecule has 0 radical (unpaired) electrons. The fraction of sp³-hybridized carbons (Fsp3) is 0.875. The average Bonchev–Trinajstić information content (AvgIpc) is 1.63. The minimum atomic E-state index is -0.00579. The van der Waals surface area contributed by atoms with Crippen LogP contribution >= 0.6 is 0 Å². The molecule has 56 valence electrons. The highest BCUT2D eigenvalue weighted by atomic mass is 16.3. The molecule has 0 aliphatic carbocycles. The van der Waals surface area contributed by atoms with E-state index in [2.05, 4.69) is 13.8 Å². The van der Waals surface area contributed by atoms with Crippen LogP contribution in [0.5, 0.6) is 0 Å². The number of rotatable bonds is 3. The highest BCUT2D eigenvalue weighted by molar-refractivity contribution is 4.76. The van der Waals surface area contributed by atoms with Gasteiger partial charge in [-0.1, -0.05) is 34.1 Å². The number of aliphatic hydroxyl groups excluding tert-OH is 1. The van der Waals surface area contributed by atoms with Gasteiger partial charge in [-0.15, -0.1) is 5.41 Å². The summed E-state index contributed by atoms with van der Waals surface area (Å²) in [5.74, 6) is 0.656. The summed E-state index contributed by atoms with van der Waals surface area (Å²) in [5.41, 5.74) is -0.00579. The van der Waals surface area contributed by atoms with Crippen molar-refractivity contribution in [2.24, 2.45) is 11.3 Å². The summed E-state index contributed by atoms with van der Waals surface area (Å²) in [7, 11) is 0. The van der Waals surface area contributed by atoms with Crippen LogP contribution in [0.4, 0.5) is 0 Å². The lowest BCUT2D eigenvalue weighted by Crippen LogP contribution is -2.14. The van der Waals surface area contributed by atoms with Gasteiger partial charge in [0.1, 0.15) is 0 Å². The fourth-order valence-corrected chi connectivity index (χ4v) is 1.10. The minimum absolute atomic E-state index is 0.00579. The molecule has 0 aliphatic rings. The molecule has 0 aromatic carbocycles. The van der Waals surface area contributed by atoms with Crippen LogP contribution in [0, 0.1) is 17.9 Å². The normalized spacial score (nSPS) is 12.7. The maximum Gasteiger partial charge on any atom is -0.0490 e. The quantitative estimate of drug-likeness (QED) is 0.581. The van der Waals surface area contributed by atoms with Crippen molar-refractivity contribution in [3.63, 3.8) is 0 Å². The molecule has 9 heavy (non-hydrogen) atoms. The van der Waals surface area contributed by atoms with Gasteiger partial charge in [-0.25, -0.2) is 6.61 Å². The monoisotopic (exact) mass is 129 g/mol. The Morgan fingerprint density at radius 1 is 1.44 bits per heavy atom. The maximum atomic E-state index is 8.72. The Morgan fingerprint density at radius 3 is 2.00 bits per heavy atom. The Hall–Kier alpha value is -0.0400. The standard InChI is InChI=1S/C8H17O/c1-7(2)5-8(3,4)6-9/h6-7,9H,5H2,1-4H3/q-1. The van der Waals surface area contributed by atoms with E-state index in [1.54, 1.807) is 0 Å². The predicted molar refractivity (Wildman–Crippen MR) is 39.5 cm³/mol. The molecular formula is C8H17O-. The summed E-state index contributed by atoms with van der Waals surface area (Å²) < 4.78 is 0. The Balaban J connectivity index is 3.58. The molecule has 0 rings (SSSR count). The molecule has 1 N–H and O–H groups in total. The van der Waals surface area contributed by atoms with Crippen molar-refractivity contribution in [2.75, 3.05) is 0 Å². The third-order valence-corrected chi connectivity index (χ3v) is 1.28. The predicted octanol–water partition coefficient (Wildman–Crippen LogP) is 2.59. The third-order valence-electron chi connectivity index (χ3n) is 1.28. The van der Waals surface area contributed by atoms with E-state index in [1.165, 1.54) is 6.61 Å². The van der Waals surface area contributed by atoms with Crippen molar-refractivity contribution in [3.05, 3.63) is 6.61 Å². The van der Waals surface area contributed by atoms with E-state index >= 15 is 0 Å². The van der Waals surface area contributed by atoms with Gasteiger partial charge in [0, 0.05) is 0 Å². The molecule has 0 saturated heterocycles. The highest BCUT2D eigenvalue weighted by Gasteiger charge is 2.08. The molecule has 0 aliphatic heterocycles. The fourth-order valence-electron chi connectivity index (χ4n) is 1.10. The second kappa shape index (κ2) is 3.21. The van der Waals surface area contributed by atoms with Crippen LogP contribution in [0.3, 0.4) is 0 Å². The first-order chi connectivity index (χ1) is 3.98. The Morgan fingerprint density at radius 2 is 1.89 bits per heavy atom. The van der Waals surface area contributed by atoms with Crippen LogP contribution in [-0.4, -0.2) is 5.11 Å². The van der Waals surface area contributed by atoms with E-state index in [4.69, 9.17) is 5.11 Å². The molecule has 1 nitrogen and oxygen atoms in total. The topological polar surface area (TPSA) is 20.2 Å². The highest BCUT2D eigenvalue weighted by Crippen LogP contribution is 2.26. The van der Waals surface area contributed by atoms with E-state index < -0.39 is 0 Å². The van der Waals surface area contributed by atoms with Gasteiger partial charge in [-0.05, 0) is 5.92 Å². The lowest BCUT2D eigenvalue weighted by molar-refractivity contribution is 0.209. The average molecular weight is 129 g/mol. The molecule has 0 aromatic heterocycles. The van der Waals surface area contributed by atoms with Crippen LogP contribution in [0.2, 0.25) is 0 Å². The second-order valence-electron chi connectivity index (χ2n) is 3.72. The van der Waals surface area contributed by atoms with Crippen molar-refractivity contribution in [1.29, 1.82) is 0 Å². The summed E-state index contributed by atoms with van der Waals surface area (Å²) >= 11 is 0. The summed E-state index contributed by atoms with van der Waals surface area (Å²) in [6.07, 6.45) is 1.05. The molecule has 0 saturated carbocycles. The first-order valence-corrected chi connectivity index (χ1v) is 3.46. The SMILES string of the molecule is CC(C)CC(C)(C)[CH-]O.